The highest BCUT2D eigenvalue weighted by Gasteiger charge is 2.59. The molecule has 2 atom stereocenters. The largest absolute Gasteiger partial charge is 0.378 e. The first-order valence-corrected chi connectivity index (χ1v) is 8.36. The Bertz CT molecular complexity index is 695. The van der Waals surface area contributed by atoms with Crippen LogP contribution in [-0.2, 0) is 4.74 Å². The lowest BCUT2D eigenvalue weighted by molar-refractivity contribution is -0.157. The van der Waals surface area contributed by atoms with Crippen molar-refractivity contribution >= 4 is 5.82 Å². The summed E-state index contributed by atoms with van der Waals surface area (Å²) in [5, 5.41) is 7.44. The maximum absolute atomic E-state index is 5.91. The number of aromatic nitrogens is 3. The van der Waals surface area contributed by atoms with Crippen molar-refractivity contribution in [3.05, 3.63) is 24.2 Å². The molecule has 1 N–H and O–H groups in total. The molecule has 2 heterocycles. The predicted molar refractivity (Wildman–Crippen MR) is 86.0 cm³/mol. The Morgan fingerprint density at radius 2 is 2.30 bits per heavy atom. The Morgan fingerprint density at radius 3 is 2.96 bits per heavy atom. The third kappa shape index (κ3) is 2.41. The van der Waals surface area contributed by atoms with E-state index in [1.54, 1.807) is 6.20 Å². The third-order valence-corrected chi connectivity index (χ3v) is 5.29. The van der Waals surface area contributed by atoms with E-state index >= 15 is 0 Å². The lowest BCUT2D eigenvalue weighted by atomic mass is 9.51. The van der Waals surface area contributed by atoms with Gasteiger partial charge in [0.05, 0.1) is 6.10 Å². The van der Waals surface area contributed by atoms with Gasteiger partial charge in [-0.1, -0.05) is 11.6 Å². The lowest BCUT2D eigenvalue weighted by Gasteiger charge is -2.61. The molecule has 2 aromatic rings. The molecule has 122 valence electrons. The monoisotopic (exact) mass is 314 g/mol. The topological polar surface area (TPSA) is 73.1 Å². The van der Waals surface area contributed by atoms with Gasteiger partial charge in [0.1, 0.15) is 5.82 Å². The highest BCUT2D eigenvalue weighted by Crippen LogP contribution is 2.58. The summed E-state index contributed by atoms with van der Waals surface area (Å²) >= 11 is 0. The minimum Gasteiger partial charge on any atom is -0.378 e. The lowest BCUT2D eigenvalue weighted by Crippen LogP contribution is -2.64. The first-order valence-electron chi connectivity index (χ1n) is 8.36. The zero-order valence-electron chi connectivity index (χ0n) is 13.6. The molecule has 0 bridgehead atoms. The Morgan fingerprint density at radius 1 is 1.43 bits per heavy atom. The van der Waals surface area contributed by atoms with E-state index < -0.39 is 0 Å². The number of anilines is 1. The Labute approximate surface area is 135 Å². The number of hydrogen-bond acceptors (Lipinski definition) is 6. The summed E-state index contributed by atoms with van der Waals surface area (Å²) in [4.78, 5) is 8.72. The summed E-state index contributed by atoms with van der Waals surface area (Å²) in [6.45, 7) is 4.68. The Kier molecular flexibility index (Phi) is 3.56. The fraction of sp³-hybridized carbons (Fsp3) is 0.588. The predicted octanol–water partition coefficient (Wildman–Crippen LogP) is 3.20. The molecule has 2 saturated carbocycles. The van der Waals surface area contributed by atoms with Crippen LogP contribution in [0.25, 0.3) is 11.5 Å². The molecule has 0 saturated heterocycles. The van der Waals surface area contributed by atoms with E-state index in [0.717, 1.165) is 24.4 Å². The molecular formula is C17H22N4O2. The van der Waals surface area contributed by atoms with Crippen molar-refractivity contribution in [2.75, 3.05) is 11.9 Å². The van der Waals surface area contributed by atoms with Crippen LogP contribution in [-0.4, -0.2) is 33.9 Å². The first-order chi connectivity index (χ1) is 11.2. The van der Waals surface area contributed by atoms with Gasteiger partial charge in [-0.25, -0.2) is 4.98 Å². The minimum atomic E-state index is 0.314. The van der Waals surface area contributed by atoms with E-state index in [-0.39, 0.29) is 0 Å². The maximum Gasteiger partial charge on any atom is 0.258 e. The SMILES string of the molecule is CCOC1CC(Nc2cc(-c3nc(C)no3)ccn2)C12CCC2. The number of nitrogens with one attached hydrogen (secondary N) is 1. The van der Waals surface area contributed by atoms with Crippen molar-refractivity contribution in [1.82, 2.24) is 15.1 Å². The van der Waals surface area contributed by atoms with Gasteiger partial charge in [0.15, 0.2) is 5.82 Å². The molecule has 2 fully saturated rings. The number of pyridine rings is 1. The average molecular weight is 314 g/mol. The van der Waals surface area contributed by atoms with Crippen LogP contribution in [0, 0.1) is 12.3 Å². The van der Waals surface area contributed by atoms with Crippen LogP contribution < -0.4 is 5.32 Å². The molecular weight excluding hydrogens is 292 g/mol. The van der Waals surface area contributed by atoms with Crippen LogP contribution in [0.3, 0.4) is 0 Å². The fourth-order valence-electron chi connectivity index (χ4n) is 3.88. The van der Waals surface area contributed by atoms with Gasteiger partial charge in [0.25, 0.3) is 5.89 Å². The fourth-order valence-corrected chi connectivity index (χ4v) is 3.88. The zero-order valence-corrected chi connectivity index (χ0v) is 13.6. The number of aryl methyl sites for hydroxylation is 1. The number of ether oxygens (including phenoxy) is 1. The molecule has 1 spiro atoms. The molecule has 2 unspecified atom stereocenters. The van der Waals surface area contributed by atoms with Crippen molar-refractivity contribution in [3.63, 3.8) is 0 Å². The van der Waals surface area contributed by atoms with Gasteiger partial charge >= 0.3 is 0 Å². The first kappa shape index (κ1) is 14.6. The van der Waals surface area contributed by atoms with Gasteiger partial charge in [0.2, 0.25) is 0 Å². The summed E-state index contributed by atoms with van der Waals surface area (Å²) in [6, 6.07) is 4.31. The summed E-state index contributed by atoms with van der Waals surface area (Å²) in [5.74, 6) is 2.04. The Hall–Kier alpha value is -1.95. The normalized spacial score (nSPS) is 25.0. The number of rotatable bonds is 5. The van der Waals surface area contributed by atoms with Crippen LogP contribution in [0.5, 0.6) is 0 Å². The molecule has 0 radical (unpaired) electrons. The van der Waals surface area contributed by atoms with Gasteiger partial charge in [-0.15, -0.1) is 0 Å². The van der Waals surface area contributed by atoms with Crippen molar-refractivity contribution in [2.45, 2.75) is 51.7 Å². The smallest absolute Gasteiger partial charge is 0.258 e. The zero-order chi connectivity index (χ0) is 15.9. The van der Waals surface area contributed by atoms with E-state index in [4.69, 9.17) is 9.26 Å². The average Bonchev–Trinajstić information content (AvgIpc) is 2.91. The number of nitrogens with zero attached hydrogens (tertiary/aromatic N) is 3. The Balaban J connectivity index is 1.49. The molecule has 0 aromatic carbocycles. The summed E-state index contributed by atoms with van der Waals surface area (Å²) in [7, 11) is 0. The van der Waals surface area contributed by atoms with Crippen LogP contribution in [0.15, 0.2) is 22.9 Å². The van der Waals surface area contributed by atoms with Crippen molar-refractivity contribution < 1.29 is 9.26 Å². The second kappa shape index (κ2) is 5.60. The highest BCUT2D eigenvalue weighted by molar-refractivity contribution is 5.58. The molecule has 6 heteroatoms. The maximum atomic E-state index is 5.91. The summed E-state index contributed by atoms with van der Waals surface area (Å²) in [6.07, 6.45) is 7.04. The van der Waals surface area contributed by atoms with Gasteiger partial charge in [0, 0.05) is 29.8 Å². The second-order valence-electron chi connectivity index (χ2n) is 6.54. The van der Waals surface area contributed by atoms with Crippen molar-refractivity contribution in [1.29, 1.82) is 0 Å². The third-order valence-electron chi connectivity index (χ3n) is 5.29. The van der Waals surface area contributed by atoms with Crippen molar-refractivity contribution in [2.24, 2.45) is 5.41 Å². The summed E-state index contributed by atoms with van der Waals surface area (Å²) in [5.41, 5.74) is 1.21. The standard InChI is InChI=1S/C17H22N4O2/c1-3-22-14-10-13(17(14)6-4-7-17)20-15-9-12(5-8-18-15)16-19-11(2)21-23-16/h5,8-9,13-14H,3-4,6-7,10H2,1-2H3,(H,18,20). The van der Waals surface area contributed by atoms with Crippen LogP contribution in [0.4, 0.5) is 5.82 Å². The van der Waals surface area contributed by atoms with Crippen LogP contribution >= 0.6 is 0 Å². The highest BCUT2D eigenvalue weighted by atomic mass is 16.5. The minimum absolute atomic E-state index is 0.314. The van der Waals surface area contributed by atoms with Gasteiger partial charge in [-0.3, -0.25) is 0 Å². The summed E-state index contributed by atoms with van der Waals surface area (Å²) < 4.78 is 11.1. The van der Waals surface area contributed by atoms with Gasteiger partial charge < -0.3 is 14.6 Å². The molecule has 2 aliphatic carbocycles. The van der Waals surface area contributed by atoms with Gasteiger partial charge in [-0.05, 0) is 45.2 Å². The van der Waals surface area contributed by atoms with Crippen molar-refractivity contribution in [3.8, 4) is 11.5 Å². The van der Waals surface area contributed by atoms with E-state index in [1.807, 2.05) is 19.1 Å². The van der Waals surface area contributed by atoms with E-state index in [2.05, 4.69) is 27.4 Å². The van der Waals surface area contributed by atoms with Crippen LogP contribution in [0.1, 0.15) is 38.4 Å². The molecule has 4 rings (SSSR count). The molecule has 6 nitrogen and oxygen atoms in total. The second-order valence-corrected chi connectivity index (χ2v) is 6.54. The van der Waals surface area contributed by atoms with Crippen LogP contribution in [0.2, 0.25) is 0 Å². The number of hydrogen-bond donors (Lipinski definition) is 1. The van der Waals surface area contributed by atoms with Gasteiger partial charge in [-0.2, -0.15) is 4.98 Å². The van der Waals surface area contributed by atoms with E-state index in [1.165, 1.54) is 19.3 Å². The molecule has 23 heavy (non-hydrogen) atoms. The van der Waals surface area contributed by atoms with E-state index in [0.29, 0.717) is 29.3 Å². The molecule has 2 aliphatic rings. The quantitative estimate of drug-likeness (QED) is 0.913. The molecule has 0 aliphatic heterocycles. The molecule has 0 amide bonds. The van der Waals surface area contributed by atoms with E-state index in [9.17, 15) is 0 Å². The molecule has 2 aromatic heterocycles.